The first-order valence-corrected chi connectivity index (χ1v) is 8.45. The molecule has 0 bridgehead atoms. The van der Waals surface area contributed by atoms with Crippen LogP contribution in [0.1, 0.15) is 30.1 Å². The Bertz CT molecular complexity index is 596. The molecular formula is C18H24N2O4. The number of benzene rings is 1. The van der Waals surface area contributed by atoms with Crippen molar-refractivity contribution < 1.29 is 19.1 Å². The molecule has 0 aliphatic carbocycles. The van der Waals surface area contributed by atoms with Gasteiger partial charge in [0.1, 0.15) is 6.10 Å². The maximum Gasteiger partial charge on any atom is 0.337 e. The highest BCUT2D eigenvalue weighted by Gasteiger charge is 2.33. The van der Waals surface area contributed by atoms with Crippen molar-refractivity contribution in [3.05, 3.63) is 29.8 Å². The third-order valence-electron chi connectivity index (χ3n) is 4.77. The predicted octanol–water partition coefficient (Wildman–Crippen LogP) is 1.69. The molecule has 2 aliphatic rings. The first-order valence-electron chi connectivity index (χ1n) is 8.45. The summed E-state index contributed by atoms with van der Waals surface area (Å²) in [5, 5.41) is 0. The van der Waals surface area contributed by atoms with Gasteiger partial charge in [0.25, 0.3) is 5.91 Å². The van der Waals surface area contributed by atoms with Gasteiger partial charge in [-0.15, -0.1) is 0 Å². The van der Waals surface area contributed by atoms with Gasteiger partial charge in [0.2, 0.25) is 0 Å². The lowest BCUT2D eigenvalue weighted by atomic mass is 10.1. The molecule has 1 aromatic rings. The van der Waals surface area contributed by atoms with Crippen molar-refractivity contribution in [1.82, 2.24) is 4.90 Å². The number of methoxy groups -OCH3 is 1. The summed E-state index contributed by atoms with van der Waals surface area (Å²) in [5.41, 5.74) is 1.60. The van der Waals surface area contributed by atoms with Crippen LogP contribution in [0.4, 0.5) is 5.69 Å². The normalized spacial score (nSPS) is 24.1. The Morgan fingerprint density at radius 3 is 2.54 bits per heavy atom. The zero-order valence-electron chi connectivity index (χ0n) is 14.2. The number of carbonyl (C=O) groups is 2. The minimum atomic E-state index is -0.332. The fraction of sp³-hybridized carbons (Fsp3) is 0.556. The number of piperazine rings is 1. The van der Waals surface area contributed by atoms with Gasteiger partial charge in [0, 0.05) is 38.0 Å². The van der Waals surface area contributed by atoms with Gasteiger partial charge in [0.15, 0.2) is 0 Å². The van der Waals surface area contributed by atoms with Crippen molar-refractivity contribution in [3.63, 3.8) is 0 Å². The van der Waals surface area contributed by atoms with Crippen molar-refractivity contribution >= 4 is 17.6 Å². The van der Waals surface area contributed by atoms with E-state index < -0.39 is 0 Å². The number of carbonyl (C=O) groups excluding carboxylic acids is 2. The minimum absolute atomic E-state index is 0.126. The highest BCUT2D eigenvalue weighted by molar-refractivity contribution is 5.89. The van der Waals surface area contributed by atoms with Crippen LogP contribution < -0.4 is 4.90 Å². The molecule has 6 heteroatoms. The summed E-state index contributed by atoms with van der Waals surface area (Å²) in [6.45, 7) is 5.01. The lowest BCUT2D eigenvalue weighted by Gasteiger charge is -2.41. The maximum absolute atomic E-state index is 12.5. The third-order valence-corrected chi connectivity index (χ3v) is 4.77. The number of rotatable bonds is 3. The Labute approximate surface area is 142 Å². The zero-order valence-corrected chi connectivity index (χ0v) is 14.2. The molecule has 6 nitrogen and oxygen atoms in total. The average molecular weight is 332 g/mol. The predicted molar refractivity (Wildman–Crippen MR) is 90.1 cm³/mol. The van der Waals surface area contributed by atoms with E-state index in [-0.39, 0.29) is 24.0 Å². The molecule has 2 fully saturated rings. The lowest BCUT2D eigenvalue weighted by Crippen LogP contribution is -2.56. The fourth-order valence-electron chi connectivity index (χ4n) is 3.40. The van der Waals surface area contributed by atoms with Crippen molar-refractivity contribution in [2.24, 2.45) is 0 Å². The first-order chi connectivity index (χ1) is 11.6. The number of amides is 1. The average Bonchev–Trinajstić information content (AvgIpc) is 3.15. The van der Waals surface area contributed by atoms with E-state index in [1.165, 1.54) is 7.11 Å². The summed E-state index contributed by atoms with van der Waals surface area (Å²) >= 11 is 0. The molecule has 24 heavy (non-hydrogen) atoms. The van der Waals surface area contributed by atoms with Gasteiger partial charge in [-0.2, -0.15) is 0 Å². The Kier molecular flexibility index (Phi) is 5.04. The molecule has 1 aromatic carbocycles. The third kappa shape index (κ3) is 3.38. The number of hydrogen-bond donors (Lipinski definition) is 0. The van der Waals surface area contributed by atoms with Crippen LogP contribution in [0.3, 0.4) is 0 Å². The van der Waals surface area contributed by atoms with E-state index in [1.54, 1.807) is 12.1 Å². The SMILES string of the molecule is COC(=O)c1ccc(N2CCN(C(=O)[C@@H]3CCCO3)[C@H](C)C2)cc1. The van der Waals surface area contributed by atoms with E-state index in [0.29, 0.717) is 18.7 Å². The summed E-state index contributed by atoms with van der Waals surface area (Å²) in [7, 11) is 1.38. The summed E-state index contributed by atoms with van der Waals surface area (Å²) in [5.74, 6) is -0.206. The smallest absolute Gasteiger partial charge is 0.337 e. The van der Waals surface area contributed by atoms with Crippen LogP contribution in [0.15, 0.2) is 24.3 Å². The molecule has 2 saturated heterocycles. The molecule has 2 atom stereocenters. The van der Waals surface area contributed by atoms with Crippen LogP contribution in [0.5, 0.6) is 0 Å². The summed E-state index contributed by atoms with van der Waals surface area (Å²) in [4.78, 5) is 28.2. The number of esters is 1. The molecule has 0 saturated carbocycles. The quantitative estimate of drug-likeness (QED) is 0.789. The van der Waals surface area contributed by atoms with Gasteiger partial charge in [-0.1, -0.05) is 0 Å². The van der Waals surface area contributed by atoms with Crippen LogP contribution in [-0.2, 0) is 14.3 Å². The first kappa shape index (κ1) is 16.8. The second-order valence-corrected chi connectivity index (χ2v) is 6.37. The monoisotopic (exact) mass is 332 g/mol. The molecule has 3 rings (SSSR count). The Hall–Kier alpha value is -2.08. The van der Waals surface area contributed by atoms with Crippen molar-refractivity contribution in [2.45, 2.75) is 31.9 Å². The topological polar surface area (TPSA) is 59.1 Å². The van der Waals surface area contributed by atoms with Crippen LogP contribution >= 0.6 is 0 Å². The standard InChI is InChI=1S/C18H24N2O4/c1-13-12-19(15-7-5-14(6-8-15)18(22)23-2)9-10-20(13)17(21)16-4-3-11-24-16/h5-8,13,16H,3-4,9-12H2,1-2H3/t13-,16+/m1/s1. The lowest BCUT2D eigenvalue weighted by molar-refractivity contribution is -0.143. The van der Waals surface area contributed by atoms with E-state index in [4.69, 9.17) is 9.47 Å². The molecule has 0 N–H and O–H groups in total. The van der Waals surface area contributed by atoms with Crippen LogP contribution in [-0.4, -0.2) is 62.3 Å². The van der Waals surface area contributed by atoms with Gasteiger partial charge in [-0.05, 0) is 44.0 Å². The Morgan fingerprint density at radius 2 is 1.96 bits per heavy atom. The Balaban J connectivity index is 1.62. The van der Waals surface area contributed by atoms with Crippen molar-refractivity contribution in [2.75, 3.05) is 38.3 Å². The van der Waals surface area contributed by atoms with Crippen LogP contribution in [0.2, 0.25) is 0 Å². The molecule has 0 unspecified atom stereocenters. The largest absolute Gasteiger partial charge is 0.465 e. The van der Waals surface area contributed by atoms with E-state index in [9.17, 15) is 9.59 Å². The number of anilines is 1. The highest BCUT2D eigenvalue weighted by Crippen LogP contribution is 2.22. The van der Waals surface area contributed by atoms with E-state index in [0.717, 1.165) is 31.6 Å². The van der Waals surface area contributed by atoms with Crippen molar-refractivity contribution in [3.8, 4) is 0 Å². The van der Waals surface area contributed by atoms with Gasteiger partial charge in [-0.3, -0.25) is 4.79 Å². The number of hydrogen-bond acceptors (Lipinski definition) is 5. The van der Waals surface area contributed by atoms with E-state index >= 15 is 0 Å². The second-order valence-electron chi connectivity index (χ2n) is 6.37. The maximum atomic E-state index is 12.5. The molecule has 0 spiro atoms. The van der Waals surface area contributed by atoms with Crippen LogP contribution in [0.25, 0.3) is 0 Å². The van der Waals surface area contributed by atoms with Crippen LogP contribution in [0, 0.1) is 0 Å². The summed E-state index contributed by atoms with van der Waals surface area (Å²) < 4.78 is 10.2. The van der Waals surface area contributed by atoms with Gasteiger partial charge < -0.3 is 19.3 Å². The minimum Gasteiger partial charge on any atom is -0.465 e. The fourth-order valence-corrected chi connectivity index (χ4v) is 3.40. The molecule has 2 aliphatic heterocycles. The van der Waals surface area contributed by atoms with Gasteiger partial charge in [0.05, 0.1) is 12.7 Å². The number of nitrogens with zero attached hydrogens (tertiary/aromatic N) is 2. The second kappa shape index (κ2) is 7.21. The zero-order chi connectivity index (χ0) is 17.1. The molecule has 1 amide bonds. The number of ether oxygens (including phenoxy) is 2. The molecular weight excluding hydrogens is 308 g/mol. The Morgan fingerprint density at radius 1 is 1.21 bits per heavy atom. The van der Waals surface area contributed by atoms with E-state index in [1.807, 2.05) is 17.0 Å². The highest BCUT2D eigenvalue weighted by atomic mass is 16.5. The molecule has 0 aromatic heterocycles. The van der Waals surface area contributed by atoms with Gasteiger partial charge >= 0.3 is 5.97 Å². The van der Waals surface area contributed by atoms with E-state index in [2.05, 4.69) is 11.8 Å². The van der Waals surface area contributed by atoms with Gasteiger partial charge in [-0.25, -0.2) is 4.79 Å². The van der Waals surface area contributed by atoms with Crippen molar-refractivity contribution in [1.29, 1.82) is 0 Å². The summed E-state index contributed by atoms with van der Waals surface area (Å²) in [6, 6.07) is 7.54. The molecule has 130 valence electrons. The molecule has 2 heterocycles. The molecule has 0 radical (unpaired) electrons. The summed E-state index contributed by atoms with van der Waals surface area (Å²) in [6.07, 6.45) is 1.55.